The maximum Gasteiger partial charge on any atom is 0.472 e. The van der Waals surface area contributed by atoms with E-state index in [4.69, 9.17) is 32.3 Å². The number of phosphoric ester groups is 2. The van der Waals surface area contributed by atoms with Gasteiger partial charge in [-0.05, 0) is 141 Å². The van der Waals surface area contributed by atoms with Crippen LogP contribution in [0.2, 0.25) is 0 Å². The number of esters is 3. The molecule has 532 valence electrons. The summed E-state index contributed by atoms with van der Waals surface area (Å²) in [5, 5.41) is 20.6. The Hall–Kier alpha value is -4.31. The second-order valence-corrected chi connectivity index (χ2v) is 26.2. The molecule has 0 aliphatic rings. The number of unbranched alkanes of at least 4 members (excludes halogenated alkanes) is 21. The molecule has 0 fully saturated rings. The van der Waals surface area contributed by atoms with E-state index in [-0.39, 0.29) is 19.3 Å². The maximum absolute atomic E-state index is 12.9. The van der Waals surface area contributed by atoms with E-state index in [2.05, 4.69) is 154 Å². The summed E-state index contributed by atoms with van der Waals surface area (Å²) in [6, 6.07) is 0. The number of rotatable bonds is 66. The Balaban J connectivity index is 4.69. The normalized spacial score (nSPS) is 15.0. The molecule has 5 unspecified atom stereocenters. The van der Waals surface area contributed by atoms with Gasteiger partial charge < -0.3 is 34.2 Å². The number of allylic oxidation sites excluding steroid dienone is 22. The van der Waals surface area contributed by atoms with Crippen molar-refractivity contribution in [3.8, 4) is 0 Å². The molecule has 0 heterocycles. The highest BCUT2D eigenvalue weighted by molar-refractivity contribution is 7.47. The lowest BCUT2D eigenvalue weighted by Gasteiger charge is -2.21. The molecule has 0 radical (unpaired) electrons. The Kier molecular flexibility index (Phi) is 64.5. The summed E-state index contributed by atoms with van der Waals surface area (Å²) < 4.78 is 60.9. The van der Waals surface area contributed by atoms with Gasteiger partial charge in [0.1, 0.15) is 25.4 Å². The number of aliphatic hydroxyl groups is 2. The number of carbonyl (C=O) groups is 3. The van der Waals surface area contributed by atoms with Crippen LogP contribution in [0.4, 0.5) is 0 Å². The van der Waals surface area contributed by atoms with Gasteiger partial charge in [0.25, 0.3) is 0 Å². The largest absolute Gasteiger partial charge is 0.472 e. The van der Waals surface area contributed by atoms with Crippen molar-refractivity contribution < 1.29 is 75.8 Å². The van der Waals surface area contributed by atoms with Crippen LogP contribution < -0.4 is 0 Å². The van der Waals surface area contributed by atoms with E-state index in [1.54, 1.807) is 0 Å². The van der Waals surface area contributed by atoms with Crippen LogP contribution in [0.15, 0.2) is 134 Å². The van der Waals surface area contributed by atoms with Crippen molar-refractivity contribution >= 4 is 33.6 Å². The van der Waals surface area contributed by atoms with Crippen molar-refractivity contribution in [1.82, 2.24) is 0 Å². The molecule has 5 atom stereocenters. The van der Waals surface area contributed by atoms with Gasteiger partial charge in [0, 0.05) is 19.3 Å². The van der Waals surface area contributed by atoms with Crippen LogP contribution in [-0.2, 0) is 55.8 Å². The Morgan fingerprint density at radius 1 is 0.312 bits per heavy atom. The third kappa shape index (κ3) is 68.9. The highest BCUT2D eigenvalue weighted by Gasteiger charge is 2.29. The summed E-state index contributed by atoms with van der Waals surface area (Å²) in [5.41, 5.74) is 0. The Labute approximate surface area is 563 Å². The summed E-state index contributed by atoms with van der Waals surface area (Å²) in [4.78, 5) is 58.4. The highest BCUT2D eigenvalue weighted by Crippen LogP contribution is 2.45. The fraction of sp³-hybridized carbons (Fsp3) is 0.667. The van der Waals surface area contributed by atoms with Crippen LogP contribution in [0.3, 0.4) is 0 Å². The second-order valence-electron chi connectivity index (χ2n) is 23.3. The summed E-state index contributed by atoms with van der Waals surface area (Å²) in [6.07, 6.45) is 79.2. The Morgan fingerprint density at radius 2 is 0.570 bits per heavy atom. The van der Waals surface area contributed by atoms with Gasteiger partial charge in [-0.1, -0.05) is 238 Å². The minimum absolute atomic E-state index is 0.0767. The molecule has 0 bridgehead atoms. The molecular formula is C75H126O16P2. The molecule has 93 heavy (non-hydrogen) atoms. The van der Waals surface area contributed by atoms with Crippen molar-refractivity contribution in [3.05, 3.63) is 134 Å². The summed E-state index contributed by atoms with van der Waals surface area (Å²) >= 11 is 0. The van der Waals surface area contributed by atoms with Crippen molar-refractivity contribution in [2.24, 2.45) is 0 Å². The predicted molar refractivity (Wildman–Crippen MR) is 380 cm³/mol. The molecule has 0 saturated heterocycles. The van der Waals surface area contributed by atoms with Crippen LogP contribution >= 0.6 is 15.6 Å². The monoisotopic (exact) mass is 1340 g/mol. The average molecular weight is 1350 g/mol. The fourth-order valence-corrected chi connectivity index (χ4v) is 10.5. The Morgan fingerprint density at radius 3 is 0.914 bits per heavy atom. The number of hydrogen-bond acceptors (Lipinski definition) is 14. The van der Waals surface area contributed by atoms with Crippen LogP contribution in [0, 0.1) is 0 Å². The van der Waals surface area contributed by atoms with Gasteiger partial charge in [0.2, 0.25) is 0 Å². The van der Waals surface area contributed by atoms with Gasteiger partial charge in [-0.25, -0.2) is 9.13 Å². The van der Waals surface area contributed by atoms with E-state index in [1.807, 2.05) is 0 Å². The molecule has 0 aromatic rings. The third-order valence-electron chi connectivity index (χ3n) is 14.3. The number of phosphoric acid groups is 2. The topological polar surface area (TPSA) is 231 Å². The third-order valence-corrected chi connectivity index (χ3v) is 16.2. The molecule has 0 amide bonds. The first-order valence-electron chi connectivity index (χ1n) is 35.5. The lowest BCUT2D eigenvalue weighted by atomic mass is 10.1. The van der Waals surface area contributed by atoms with Crippen LogP contribution in [-0.4, -0.2) is 95.9 Å². The van der Waals surface area contributed by atoms with E-state index < -0.39 is 91.5 Å². The van der Waals surface area contributed by atoms with Crippen molar-refractivity contribution in [2.75, 3.05) is 39.6 Å². The lowest BCUT2D eigenvalue weighted by molar-refractivity contribution is -0.161. The SMILES string of the molecule is CC/C=C\C/C=C\C/C=C\C/C=C\C/C=C\CCCCCC(=O)OCC(COP(=O)(O)OCC(O)COP(=O)(O)OCC(O)COC(=O)CCCCCCCCC/C=C\C/C=C\C/C=C\C/C=C\CCCCC)OC(=O)CCCCCCC/C=C\C/C=C\CCCCC. The smallest absolute Gasteiger partial charge is 0.463 e. The number of hydrogen-bond donors (Lipinski definition) is 4. The minimum atomic E-state index is -4.94. The fourth-order valence-electron chi connectivity index (χ4n) is 8.90. The van der Waals surface area contributed by atoms with Crippen LogP contribution in [0.25, 0.3) is 0 Å². The average Bonchev–Trinajstić information content (AvgIpc) is 3.19. The number of aliphatic hydroxyl groups excluding tert-OH is 2. The molecule has 0 aliphatic heterocycles. The zero-order valence-corrected chi connectivity index (χ0v) is 59.4. The van der Waals surface area contributed by atoms with Crippen LogP contribution in [0.1, 0.15) is 265 Å². The number of carbonyl (C=O) groups excluding carboxylic acids is 3. The van der Waals surface area contributed by atoms with E-state index in [1.165, 1.54) is 44.9 Å². The Bertz CT molecular complexity index is 2230. The van der Waals surface area contributed by atoms with Gasteiger partial charge in [0.05, 0.1) is 26.4 Å². The molecule has 0 saturated carbocycles. The molecule has 0 aromatic carbocycles. The van der Waals surface area contributed by atoms with Gasteiger partial charge in [-0.2, -0.15) is 0 Å². The summed E-state index contributed by atoms with van der Waals surface area (Å²) in [7, 11) is -9.80. The van der Waals surface area contributed by atoms with E-state index in [9.17, 15) is 43.5 Å². The number of ether oxygens (including phenoxy) is 3. The summed E-state index contributed by atoms with van der Waals surface area (Å²) in [5.74, 6) is -1.64. The summed E-state index contributed by atoms with van der Waals surface area (Å²) in [6.45, 7) is 2.42. The van der Waals surface area contributed by atoms with Crippen molar-refractivity contribution in [2.45, 2.75) is 283 Å². The maximum atomic E-state index is 12.9. The zero-order valence-electron chi connectivity index (χ0n) is 57.6. The minimum Gasteiger partial charge on any atom is -0.463 e. The molecule has 0 aromatic heterocycles. The van der Waals surface area contributed by atoms with Gasteiger partial charge in [-0.15, -0.1) is 0 Å². The molecule has 18 heteroatoms. The van der Waals surface area contributed by atoms with Gasteiger partial charge in [0.15, 0.2) is 6.10 Å². The van der Waals surface area contributed by atoms with Crippen molar-refractivity contribution in [3.63, 3.8) is 0 Å². The van der Waals surface area contributed by atoms with E-state index in [0.717, 1.165) is 161 Å². The molecule has 0 aliphatic carbocycles. The first-order valence-corrected chi connectivity index (χ1v) is 38.5. The quantitative estimate of drug-likeness (QED) is 0.0146. The van der Waals surface area contributed by atoms with Gasteiger partial charge in [-0.3, -0.25) is 32.5 Å². The molecule has 16 nitrogen and oxygen atoms in total. The molecule has 0 rings (SSSR count). The standard InChI is InChI=1S/C75H126O16P2/c1-4-7-10-13-16-19-22-25-28-30-32-33-34-35-37-39-41-43-46-49-52-55-58-61-73(78)85-64-70(76)65-87-92(81,82)88-66-71(77)67-89-93(83,84)90-69-72(91-75(80)63-60-57-54-51-48-45-40-27-24-21-18-15-12-9-6-3)68-86-74(79)62-59-56-53-50-47-44-42-38-36-31-29-26-23-20-17-14-11-8-5-2/h8,11,16-21,25-29,32-33,35-38,40,44,47,70-72,76-77H,4-7,9-10,12-15,22-24,30-31,34,39,41-43,45-46,48-69H2,1-3H3,(H,81,82)(H,83,84)/b11-8-,19-16-,20-17-,21-18-,28-25-,29-26-,33-32-,37-35-,38-36-,40-27-,47-44-. The molecular weight excluding hydrogens is 1220 g/mol. The first kappa shape index (κ1) is 88.7. The molecule has 4 N–H and O–H groups in total. The highest BCUT2D eigenvalue weighted by atomic mass is 31.2. The molecule has 0 spiro atoms. The van der Waals surface area contributed by atoms with Crippen molar-refractivity contribution in [1.29, 1.82) is 0 Å². The van der Waals surface area contributed by atoms with E-state index in [0.29, 0.717) is 19.3 Å². The first-order chi connectivity index (χ1) is 45.2. The predicted octanol–water partition coefficient (Wildman–Crippen LogP) is 20.0. The van der Waals surface area contributed by atoms with Crippen LogP contribution in [0.5, 0.6) is 0 Å². The lowest BCUT2D eigenvalue weighted by Crippen LogP contribution is -2.30. The zero-order chi connectivity index (χ0) is 68.1. The van der Waals surface area contributed by atoms with Gasteiger partial charge >= 0.3 is 33.6 Å². The second kappa shape index (κ2) is 67.7. The van der Waals surface area contributed by atoms with E-state index >= 15 is 0 Å².